The van der Waals surface area contributed by atoms with Gasteiger partial charge in [-0.2, -0.15) is 0 Å². The van der Waals surface area contributed by atoms with Crippen molar-refractivity contribution in [2.24, 2.45) is 11.8 Å². The molecule has 1 heteroatoms. The van der Waals surface area contributed by atoms with Gasteiger partial charge in [0.2, 0.25) is 0 Å². The van der Waals surface area contributed by atoms with Gasteiger partial charge in [0.25, 0.3) is 0 Å². The summed E-state index contributed by atoms with van der Waals surface area (Å²) in [4.78, 5) is 0. The lowest BCUT2D eigenvalue weighted by Crippen LogP contribution is -2.23. The first kappa shape index (κ1) is 6.44. The van der Waals surface area contributed by atoms with E-state index in [4.69, 9.17) is 0 Å². The van der Waals surface area contributed by atoms with Crippen LogP contribution in [-0.4, -0.2) is 3.42 Å². The molecule has 9 heavy (non-hydrogen) atoms. The molecule has 2 aliphatic rings. The number of alkyl halides is 1. The molecular formula is C8H13I. The van der Waals surface area contributed by atoms with Gasteiger partial charge in [0.15, 0.2) is 0 Å². The van der Waals surface area contributed by atoms with Crippen LogP contribution in [0.1, 0.15) is 32.6 Å². The van der Waals surface area contributed by atoms with Crippen LogP contribution in [0.15, 0.2) is 0 Å². The van der Waals surface area contributed by atoms with Crippen LogP contribution >= 0.6 is 22.6 Å². The molecule has 0 aromatic rings. The summed E-state index contributed by atoms with van der Waals surface area (Å²) in [5.41, 5.74) is 0. The Labute approximate surface area is 70.5 Å². The van der Waals surface area contributed by atoms with Crippen LogP contribution in [0.3, 0.4) is 0 Å². The average Bonchev–Trinajstić information content (AvgIpc) is 2.19. The minimum Gasteiger partial charge on any atom is -0.0789 e. The first-order valence-electron chi connectivity index (χ1n) is 3.87. The maximum atomic E-state index is 2.66. The van der Waals surface area contributed by atoms with Crippen LogP contribution in [0.2, 0.25) is 0 Å². The largest absolute Gasteiger partial charge is 0.0789 e. The van der Waals surface area contributed by atoms with Crippen molar-refractivity contribution in [2.75, 3.05) is 0 Å². The van der Waals surface area contributed by atoms with E-state index in [1.54, 1.807) is 6.42 Å². The Morgan fingerprint density at radius 3 is 2.44 bits per heavy atom. The minimum atomic E-state index is 0.681. The predicted octanol–water partition coefficient (Wildman–Crippen LogP) is 3.00. The average molecular weight is 236 g/mol. The fourth-order valence-electron chi connectivity index (χ4n) is 2.54. The van der Waals surface area contributed by atoms with Crippen molar-refractivity contribution in [1.82, 2.24) is 0 Å². The molecular weight excluding hydrogens is 223 g/mol. The van der Waals surface area contributed by atoms with Gasteiger partial charge in [-0.25, -0.2) is 0 Å². The highest BCUT2D eigenvalue weighted by atomic mass is 127. The summed E-state index contributed by atoms with van der Waals surface area (Å²) in [6, 6.07) is 0. The van der Waals surface area contributed by atoms with Gasteiger partial charge in [0.05, 0.1) is 0 Å². The number of fused-ring (bicyclic) bond motifs is 2. The highest BCUT2D eigenvalue weighted by molar-refractivity contribution is 14.1. The lowest BCUT2D eigenvalue weighted by Gasteiger charge is -2.26. The van der Waals surface area contributed by atoms with Crippen LogP contribution in [0.5, 0.6) is 0 Å². The van der Waals surface area contributed by atoms with Crippen LogP contribution in [0.25, 0.3) is 0 Å². The normalized spacial score (nSPS) is 56.7. The first-order chi connectivity index (χ1) is 4.18. The van der Waals surface area contributed by atoms with Crippen LogP contribution in [0, 0.1) is 11.8 Å². The molecule has 2 saturated carbocycles. The van der Waals surface area contributed by atoms with Crippen LogP contribution in [0.4, 0.5) is 0 Å². The molecule has 2 bridgehead atoms. The van der Waals surface area contributed by atoms with Gasteiger partial charge >= 0.3 is 0 Å². The lowest BCUT2D eigenvalue weighted by atomic mass is 9.90. The number of hydrogen-bond acceptors (Lipinski definition) is 0. The van der Waals surface area contributed by atoms with Gasteiger partial charge in [0.1, 0.15) is 0 Å². The molecule has 0 aromatic heterocycles. The smallest absolute Gasteiger partial charge is 0.0225 e. The maximum absolute atomic E-state index is 2.66. The van der Waals surface area contributed by atoms with Crippen LogP contribution < -0.4 is 0 Å². The second kappa shape index (κ2) is 1.86. The van der Waals surface area contributed by atoms with E-state index < -0.39 is 0 Å². The second-order valence-corrected chi connectivity index (χ2v) is 6.32. The van der Waals surface area contributed by atoms with Crippen molar-refractivity contribution >= 4 is 22.6 Å². The van der Waals surface area contributed by atoms with Crippen molar-refractivity contribution in [3.8, 4) is 0 Å². The highest BCUT2D eigenvalue weighted by Crippen LogP contribution is 2.54. The van der Waals surface area contributed by atoms with E-state index in [0.29, 0.717) is 3.42 Å². The molecule has 2 rings (SSSR count). The number of halogens is 1. The molecule has 2 fully saturated rings. The van der Waals surface area contributed by atoms with E-state index in [1.807, 2.05) is 0 Å². The molecule has 3 unspecified atom stereocenters. The Hall–Kier alpha value is 0.730. The topological polar surface area (TPSA) is 0 Å². The molecule has 0 aromatic carbocycles. The van der Waals surface area contributed by atoms with Gasteiger partial charge in [-0.05, 0) is 31.1 Å². The summed E-state index contributed by atoms with van der Waals surface area (Å²) >= 11 is 2.66. The zero-order valence-electron chi connectivity index (χ0n) is 5.86. The molecule has 2 aliphatic carbocycles. The third kappa shape index (κ3) is 0.920. The van der Waals surface area contributed by atoms with Gasteiger partial charge < -0.3 is 0 Å². The minimum absolute atomic E-state index is 0.681. The summed E-state index contributed by atoms with van der Waals surface area (Å²) in [5, 5.41) is 0. The SMILES string of the molecule is CC1(I)CC2CCC1C2. The number of hydrogen-bond donors (Lipinski definition) is 0. The predicted molar refractivity (Wildman–Crippen MR) is 47.9 cm³/mol. The Morgan fingerprint density at radius 2 is 2.22 bits per heavy atom. The van der Waals surface area contributed by atoms with E-state index in [1.165, 1.54) is 19.3 Å². The molecule has 0 amide bonds. The molecule has 0 nitrogen and oxygen atoms in total. The van der Waals surface area contributed by atoms with Gasteiger partial charge in [-0.3, -0.25) is 0 Å². The Bertz CT molecular complexity index is 129. The molecule has 0 saturated heterocycles. The zero-order chi connectivity index (χ0) is 6.48. The quantitative estimate of drug-likeness (QED) is 0.448. The number of rotatable bonds is 0. The molecule has 0 radical (unpaired) electrons. The monoisotopic (exact) mass is 236 g/mol. The van der Waals surface area contributed by atoms with Crippen molar-refractivity contribution in [3.63, 3.8) is 0 Å². The fraction of sp³-hybridized carbons (Fsp3) is 1.00. The molecule has 3 atom stereocenters. The van der Waals surface area contributed by atoms with E-state index >= 15 is 0 Å². The van der Waals surface area contributed by atoms with Gasteiger partial charge in [0, 0.05) is 3.42 Å². The lowest BCUT2D eigenvalue weighted by molar-refractivity contribution is 0.416. The van der Waals surface area contributed by atoms with Gasteiger partial charge in [-0.1, -0.05) is 35.9 Å². The van der Waals surface area contributed by atoms with Crippen molar-refractivity contribution in [2.45, 2.75) is 36.0 Å². The first-order valence-corrected chi connectivity index (χ1v) is 4.95. The van der Waals surface area contributed by atoms with Crippen molar-refractivity contribution < 1.29 is 0 Å². The summed E-state index contributed by atoms with van der Waals surface area (Å²) in [5.74, 6) is 2.18. The van der Waals surface area contributed by atoms with Crippen molar-refractivity contribution in [1.29, 1.82) is 0 Å². The summed E-state index contributed by atoms with van der Waals surface area (Å²) in [7, 11) is 0. The summed E-state index contributed by atoms with van der Waals surface area (Å²) in [6.07, 6.45) is 6.09. The molecule has 0 aliphatic heterocycles. The Balaban J connectivity index is 2.18. The van der Waals surface area contributed by atoms with E-state index in [-0.39, 0.29) is 0 Å². The fourth-order valence-corrected chi connectivity index (χ4v) is 3.73. The molecule has 0 heterocycles. The summed E-state index contributed by atoms with van der Waals surface area (Å²) in [6.45, 7) is 2.43. The van der Waals surface area contributed by atoms with E-state index in [0.717, 1.165) is 11.8 Å². The molecule has 0 spiro atoms. The molecule has 0 N–H and O–H groups in total. The van der Waals surface area contributed by atoms with E-state index in [9.17, 15) is 0 Å². The van der Waals surface area contributed by atoms with Gasteiger partial charge in [-0.15, -0.1) is 0 Å². The Morgan fingerprint density at radius 1 is 1.44 bits per heavy atom. The third-order valence-corrected chi connectivity index (χ3v) is 4.40. The maximum Gasteiger partial charge on any atom is 0.0225 e. The molecule has 52 valence electrons. The van der Waals surface area contributed by atoms with Crippen molar-refractivity contribution in [3.05, 3.63) is 0 Å². The summed E-state index contributed by atoms with van der Waals surface area (Å²) < 4.78 is 0.681. The van der Waals surface area contributed by atoms with Crippen LogP contribution in [-0.2, 0) is 0 Å². The second-order valence-electron chi connectivity index (χ2n) is 3.86. The zero-order valence-corrected chi connectivity index (χ0v) is 8.02. The Kier molecular flexibility index (Phi) is 1.33. The third-order valence-electron chi connectivity index (χ3n) is 3.08. The standard InChI is InChI=1S/C8H13I/c1-8(9)5-6-2-3-7(8)4-6/h6-7H,2-5H2,1H3. The highest BCUT2D eigenvalue weighted by Gasteiger charge is 2.45. The van der Waals surface area contributed by atoms with E-state index in [2.05, 4.69) is 29.5 Å².